The third-order valence-corrected chi connectivity index (χ3v) is 4.68. The molecule has 2 fully saturated rings. The van der Waals surface area contributed by atoms with Crippen molar-refractivity contribution in [2.75, 3.05) is 29.4 Å². The molecule has 0 N–H and O–H groups in total. The Labute approximate surface area is 137 Å². The predicted molar refractivity (Wildman–Crippen MR) is 85.8 cm³/mol. The number of nitrogens with zero attached hydrogens (tertiary/aromatic N) is 8. The Hall–Kier alpha value is -2.97. The van der Waals surface area contributed by atoms with Crippen molar-refractivity contribution >= 4 is 23.1 Å². The number of hydrogen-bond donors (Lipinski definition) is 0. The molecule has 0 bridgehead atoms. The second-order valence-electron chi connectivity index (χ2n) is 6.21. The predicted octanol–water partition coefficient (Wildman–Crippen LogP) is 0.509. The van der Waals surface area contributed by atoms with Crippen LogP contribution in [0.4, 0.5) is 11.5 Å². The van der Waals surface area contributed by atoms with Crippen molar-refractivity contribution in [2.45, 2.75) is 18.9 Å². The van der Waals surface area contributed by atoms with Gasteiger partial charge in [-0.05, 0) is 18.6 Å². The largest absolute Gasteiger partial charge is 0.351 e. The Bertz CT molecular complexity index is 909. The molecule has 1 amide bonds. The first kappa shape index (κ1) is 13.5. The van der Waals surface area contributed by atoms with E-state index in [1.807, 2.05) is 27.9 Å². The van der Waals surface area contributed by atoms with Gasteiger partial charge in [-0.3, -0.25) is 9.48 Å². The van der Waals surface area contributed by atoms with Crippen LogP contribution in [-0.2, 0) is 4.79 Å². The first-order valence-corrected chi connectivity index (χ1v) is 8.04. The van der Waals surface area contributed by atoms with Crippen LogP contribution in [0.5, 0.6) is 0 Å². The lowest BCUT2D eigenvalue weighted by atomic mass is 10.1. The number of hydrogen-bond acceptors (Lipinski definition) is 6. The molecule has 0 spiro atoms. The first-order chi connectivity index (χ1) is 11.8. The van der Waals surface area contributed by atoms with Gasteiger partial charge in [-0.25, -0.2) is 0 Å². The molecule has 3 aromatic heterocycles. The van der Waals surface area contributed by atoms with Crippen LogP contribution in [0.1, 0.15) is 18.9 Å². The zero-order valence-corrected chi connectivity index (χ0v) is 13.0. The average Bonchev–Trinajstić information content (AvgIpc) is 3.25. The quantitative estimate of drug-likeness (QED) is 0.698. The maximum atomic E-state index is 11.8. The van der Waals surface area contributed by atoms with Gasteiger partial charge in [0.1, 0.15) is 12.1 Å². The first-order valence-electron chi connectivity index (χ1n) is 8.04. The van der Waals surface area contributed by atoms with Crippen molar-refractivity contribution in [3.63, 3.8) is 0 Å². The van der Waals surface area contributed by atoms with Gasteiger partial charge in [-0.15, -0.1) is 15.3 Å². The summed E-state index contributed by atoms with van der Waals surface area (Å²) in [6.07, 6.45) is 6.93. The highest BCUT2D eigenvalue weighted by atomic mass is 16.2. The number of amides is 1. The van der Waals surface area contributed by atoms with Crippen LogP contribution < -0.4 is 9.80 Å². The number of anilines is 2. The average molecular weight is 324 g/mol. The Kier molecular flexibility index (Phi) is 2.81. The summed E-state index contributed by atoms with van der Waals surface area (Å²) in [6.45, 7) is 2.48. The van der Waals surface area contributed by atoms with E-state index in [0.29, 0.717) is 12.5 Å². The standard InChI is InChI=1S/C15H16N8O/c24-15-2-1-5-21(15)11-6-17-22(9-11)12-7-20(8-12)14-4-3-13-18-16-10-23(13)19-14/h3-4,6,9-10,12H,1-2,5,7-8H2. The Morgan fingerprint density at radius 1 is 1.21 bits per heavy atom. The lowest BCUT2D eigenvalue weighted by Crippen LogP contribution is -2.48. The summed E-state index contributed by atoms with van der Waals surface area (Å²) in [4.78, 5) is 15.8. The summed E-state index contributed by atoms with van der Waals surface area (Å²) in [7, 11) is 0. The molecule has 2 saturated heterocycles. The SMILES string of the molecule is O=C1CCCN1c1cnn(C2CN(c3ccc4nncn4n3)C2)c1. The van der Waals surface area contributed by atoms with Crippen LogP contribution >= 0.6 is 0 Å². The van der Waals surface area contributed by atoms with Gasteiger partial charge in [-0.1, -0.05) is 0 Å². The highest BCUT2D eigenvalue weighted by Gasteiger charge is 2.31. The zero-order chi connectivity index (χ0) is 16.1. The van der Waals surface area contributed by atoms with Gasteiger partial charge in [0.25, 0.3) is 0 Å². The molecule has 2 aliphatic rings. The lowest BCUT2D eigenvalue weighted by molar-refractivity contribution is -0.117. The fourth-order valence-corrected chi connectivity index (χ4v) is 3.28. The molecule has 0 saturated carbocycles. The van der Waals surface area contributed by atoms with Gasteiger partial charge in [0, 0.05) is 32.3 Å². The van der Waals surface area contributed by atoms with Crippen molar-refractivity contribution < 1.29 is 4.79 Å². The second kappa shape index (κ2) is 5.02. The molecule has 9 heteroatoms. The van der Waals surface area contributed by atoms with E-state index in [4.69, 9.17) is 0 Å². The van der Waals surface area contributed by atoms with E-state index in [9.17, 15) is 4.79 Å². The maximum absolute atomic E-state index is 11.8. The van der Waals surface area contributed by atoms with Crippen molar-refractivity contribution in [3.8, 4) is 0 Å². The molecule has 2 aliphatic heterocycles. The number of aromatic nitrogens is 6. The molecule has 0 unspecified atom stereocenters. The molecular weight excluding hydrogens is 308 g/mol. The number of fused-ring (bicyclic) bond motifs is 1. The van der Waals surface area contributed by atoms with Crippen molar-refractivity contribution in [2.24, 2.45) is 0 Å². The normalized spacial score (nSPS) is 18.6. The number of carbonyl (C=O) groups excluding carboxylic acids is 1. The highest BCUT2D eigenvalue weighted by Crippen LogP contribution is 2.28. The van der Waals surface area contributed by atoms with Gasteiger partial charge in [-0.2, -0.15) is 9.61 Å². The van der Waals surface area contributed by atoms with E-state index in [1.165, 1.54) is 0 Å². The van der Waals surface area contributed by atoms with Crippen LogP contribution in [-0.4, -0.2) is 55.1 Å². The minimum Gasteiger partial charge on any atom is -0.351 e. The third kappa shape index (κ3) is 2.04. The topological polar surface area (TPSA) is 84.5 Å². The third-order valence-electron chi connectivity index (χ3n) is 4.68. The van der Waals surface area contributed by atoms with E-state index < -0.39 is 0 Å². The molecule has 0 aliphatic carbocycles. The van der Waals surface area contributed by atoms with Gasteiger partial charge in [0.2, 0.25) is 5.91 Å². The number of carbonyl (C=O) groups is 1. The summed E-state index contributed by atoms with van der Waals surface area (Å²) >= 11 is 0. The molecule has 0 atom stereocenters. The van der Waals surface area contributed by atoms with Crippen LogP contribution in [0, 0.1) is 0 Å². The van der Waals surface area contributed by atoms with E-state index in [1.54, 1.807) is 17.0 Å². The molecular formula is C15H16N8O. The Morgan fingerprint density at radius 3 is 2.96 bits per heavy atom. The molecule has 0 radical (unpaired) electrons. The van der Waals surface area contributed by atoms with Crippen LogP contribution in [0.15, 0.2) is 30.9 Å². The van der Waals surface area contributed by atoms with Gasteiger partial charge >= 0.3 is 0 Å². The molecule has 5 heterocycles. The summed E-state index contributed by atoms with van der Waals surface area (Å²) in [6, 6.07) is 4.17. The molecule has 9 nitrogen and oxygen atoms in total. The summed E-state index contributed by atoms with van der Waals surface area (Å²) in [5.74, 6) is 1.09. The minimum absolute atomic E-state index is 0.191. The van der Waals surface area contributed by atoms with Gasteiger partial charge in [0.15, 0.2) is 5.65 Å². The Balaban J connectivity index is 1.29. The van der Waals surface area contributed by atoms with Gasteiger partial charge < -0.3 is 9.80 Å². The molecule has 122 valence electrons. The van der Waals surface area contributed by atoms with Crippen molar-refractivity contribution in [3.05, 3.63) is 30.9 Å². The van der Waals surface area contributed by atoms with E-state index in [2.05, 4.69) is 25.3 Å². The van der Waals surface area contributed by atoms with Crippen LogP contribution in [0.2, 0.25) is 0 Å². The summed E-state index contributed by atoms with van der Waals surface area (Å²) in [5, 5.41) is 16.7. The molecule has 5 rings (SSSR count). The van der Waals surface area contributed by atoms with Gasteiger partial charge in [0.05, 0.1) is 17.9 Å². The van der Waals surface area contributed by atoms with Crippen molar-refractivity contribution in [1.82, 2.24) is 29.6 Å². The Morgan fingerprint density at radius 2 is 2.12 bits per heavy atom. The highest BCUT2D eigenvalue weighted by molar-refractivity contribution is 5.95. The fraction of sp³-hybridized carbons (Fsp3) is 0.400. The van der Waals surface area contributed by atoms with Crippen molar-refractivity contribution in [1.29, 1.82) is 0 Å². The zero-order valence-electron chi connectivity index (χ0n) is 13.0. The number of rotatable bonds is 3. The minimum atomic E-state index is 0.191. The smallest absolute Gasteiger partial charge is 0.227 e. The lowest BCUT2D eigenvalue weighted by Gasteiger charge is -2.39. The monoisotopic (exact) mass is 324 g/mol. The maximum Gasteiger partial charge on any atom is 0.227 e. The van der Waals surface area contributed by atoms with Crippen LogP contribution in [0.3, 0.4) is 0 Å². The fourth-order valence-electron chi connectivity index (χ4n) is 3.28. The molecule has 24 heavy (non-hydrogen) atoms. The van der Waals surface area contributed by atoms with E-state index in [0.717, 1.165) is 43.2 Å². The molecule has 3 aromatic rings. The van der Waals surface area contributed by atoms with E-state index in [-0.39, 0.29) is 5.91 Å². The molecule has 0 aromatic carbocycles. The second-order valence-corrected chi connectivity index (χ2v) is 6.21. The van der Waals surface area contributed by atoms with Crippen LogP contribution in [0.25, 0.3) is 5.65 Å². The van der Waals surface area contributed by atoms with E-state index >= 15 is 0 Å². The summed E-state index contributed by atoms with van der Waals surface area (Å²) in [5.41, 5.74) is 1.64. The summed E-state index contributed by atoms with van der Waals surface area (Å²) < 4.78 is 3.63.